The molecule has 5 bridgehead atoms. The molecule has 4 aliphatic rings. The maximum Gasteiger partial charge on any atom is 0.312 e. The number of Topliss-reactive ketones (excluding diaryl/α,β-unsaturated/α-hetero) is 1. The lowest BCUT2D eigenvalue weighted by atomic mass is 9.78. The number of phenolic OH excluding ortho intramolecular Hbond substituents is 2. The van der Waals surface area contributed by atoms with Gasteiger partial charge in [0.15, 0.2) is 5.75 Å². The molecule has 13 nitrogen and oxygen atoms in total. The van der Waals surface area contributed by atoms with Crippen LogP contribution >= 0.6 is 0 Å². The summed E-state index contributed by atoms with van der Waals surface area (Å²) in [6, 6.07) is 1.67. The number of ether oxygens (including phenoxy) is 4. The molecule has 56 heavy (non-hydrogen) atoms. The number of phenols is 2. The lowest BCUT2D eigenvalue weighted by molar-refractivity contribution is -0.160. The normalized spacial score (nSPS) is 34.0. The first kappa shape index (κ1) is 42.6. The van der Waals surface area contributed by atoms with Crippen LogP contribution in [0.5, 0.6) is 17.2 Å². The molecule has 10 atom stereocenters. The minimum Gasteiger partial charge on any atom is -0.507 e. The zero-order chi connectivity index (χ0) is 41.4. The Morgan fingerprint density at radius 2 is 1.66 bits per heavy atom. The Morgan fingerprint density at radius 1 is 0.964 bits per heavy atom. The van der Waals surface area contributed by atoms with Crippen LogP contribution in [0.25, 0.3) is 10.8 Å². The number of carbonyl (C=O) groups excluding carboxylic acids is 3. The summed E-state index contributed by atoms with van der Waals surface area (Å²) in [7, 11) is 1.47. The highest BCUT2D eigenvalue weighted by Gasteiger charge is 2.50. The Labute approximate surface area is 328 Å². The topological polar surface area (TPSA) is 184 Å². The van der Waals surface area contributed by atoms with Crippen LogP contribution < -0.4 is 15.0 Å². The van der Waals surface area contributed by atoms with E-state index in [2.05, 4.69) is 17.1 Å². The van der Waals surface area contributed by atoms with Gasteiger partial charge in [-0.25, -0.2) is 0 Å². The predicted octanol–water partition coefficient (Wildman–Crippen LogP) is 6.43. The monoisotopic (exact) mass is 778 g/mol. The van der Waals surface area contributed by atoms with Crippen LogP contribution in [0, 0.1) is 30.6 Å². The van der Waals surface area contributed by atoms with Crippen molar-refractivity contribution in [2.75, 3.05) is 23.9 Å². The molecule has 1 saturated heterocycles. The first-order valence-electron chi connectivity index (χ1n) is 19.5. The van der Waals surface area contributed by atoms with E-state index in [1.165, 1.54) is 27.2 Å². The van der Waals surface area contributed by atoms with Gasteiger partial charge in [0.05, 0.1) is 41.2 Å². The highest BCUT2D eigenvalue weighted by molar-refractivity contribution is 6.23. The van der Waals surface area contributed by atoms with Crippen molar-refractivity contribution in [1.29, 1.82) is 0 Å². The number of aromatic hydroxyl groups is 2. The number of amides is 1. The standard InChI is InChI=1S/C43H58N2O11/c1-21-14-13-15-22(2)42(52)44-29-20-30(45-18-12-11-16-23(45)3)32-33(38(29)50)37(49)27(7)40-34(32)41(51)43(9,56-40)54-19-17-31(53-10)24(4)39(55-28(8)46)26(6)36(48)25(5)35(21)47/h13-15,17,19-21,23-26,31,35-36,39,47-50H,11-12,16,18H2,1-10H3,(H,44,52)/b14-13-,19-17-,22-15-. The molecule has 0 spiro atoms. The molecular formula is C43H58N2O11. The third-order valence-corrected chi connectivity index (χ3v) is 11.9. The average Bonchev–Trinajstić information content (AvgIpc) is 3.42. The Morgan fingerprint density at radius 3 is 2.30 bits per heavy atom. The number of anilines is 2. The fourth-order valence-corrected chi connectivity index (χ4v) is 8.33. The highest BCUT2D eigenvalue weighted by Crippen LogP contribution is 2.54. The number of methoxy groups -OCH3 is 1. The molecule has 0 aromatic heterocycles. The molecule has 0 aliphatic carbocycles. The molecule has 4 aliphatic heterocycles. The minimum atomic E-state index is -1.90. The maximum absolute atomic E-state index is 14.6. The van der Waals surface area contributed by atoms with E-state index in [9.17, 15) is 34.8 Å². The second-order valence-electron chi connectivity index (χ2n) is 16.0. The van der Waals surface area contributed by atoms with E-state index in [-0.39, 0.29) is 50.7 Å². The summed E-state index contributed by atoms with van der Waals surface area (Å²) in [6.07, 6.45) is 6.85. The van der Waals surface area contributed by atoms with Crippen LogP contribution in [0.2, 0.25) is 0 Å². The molecule has 10 unspecified atom stereocenters. The number of nitrogens with zero attached hydrogens (tertiary/aromatic N) is 1. The fraction of sp³-hybridized carbons (Fsp3) is 0.558. The Bertz CT molecular complexity index is 1940. The molecule has 1 amide bonds. The second kappa shape index (κ2) is 16.9. The lowest BCUT2D eigenvalue weighted by Crippen LogP contribution is -2.46. The second-order valence-corrected chi connectivity index (χ2v) is 16.0. The molecule has 1 fully saturated rings. The van der Waals surface area contributed by atoms with Gasteiger partial charge in [0.2, 0.25) is 0 Å². The number of nitrogens with one attached hydrogen (secondary N) is 1. The van der Waals surface area contributed by atoms with Gasteiger partial charge < -0.3 is 49.6 Å². The molecule has 6 rings (SSSR count). The van der Waals surface area contributed by atoms with Crippen molar-refractivity contribution in [2.24, 2.45) is 23.7 Å². The summed E-state index contributed by atoms with van der Waals surface area (Å²) < 4.78 is 23.9. The van der Waals surface area contributed by atoms with Gasteiger partial charge in [0, 0.05) is 79.4 Å². The molecule has 5 N–H and O–H groups in total. The molecule has 0 radical (unpaired) electrons. The first-order chi connectivity index (χ1) is 26.3. The molecule has 306 valence electrons. The summed E-state index contributed by atoms with van der Waals surface area (Å²) >= 11 is 0. The van der Waals surface area contributed by atoms with Crippen molar-refractivity contribution in [1.82, 2.24) is 0 Å². The molecule has 0 saturated carbocycles. The third kappa shape index (κ3) is 7.99. The number of esters is 1. The van der Waals surface area contributed by atoms with E-state index in [0.29, 0.717) is 12.2 Å². The number of piperidine rings is 1. The molecular weight excluding hydrogens is 720 g/mol. The van der Waals surface area contributed by atoms with Crippen molar-refractivity contribution in [2.45, 2.75) is 118 Å². The SMILES string of the molecule is COC1/C=C\OC2(C)Oc3c(C)c(O)c4c(O)c(cc(N5CCCCC5C)c4c3C2=O)NC(=O)/C(C)=C\C=C/C(C)C(O)C(C)C(O)C(C)C(OC(C)=O)C1C. The fourth-order valence-electron chi connectivity index (χ4n) is 8.33. The Balaban J connectivity index is 1.70. The number of ketones is 1. The summed E-state index contributed by atoms with van der Waals surface area (Å²) in [6.45, 7) is 15.7. The van der Waals surface area contributed by atoms with Gasteiger partial charge in [-0.15, -0.1) is 0 Å². The van der Waals surface area contributed by atoms with Crippen molar-refractivity contribution < 1.29 is 53.8 Å². The predicted molar refractivity (Wildman–Crippen MR) is 213 cm³/mol. The van der Waals surface area contributed by atoms with Crippen molar-refractivity contribution >= 4 is 39.8 Å². The first-order valence-corrected chi connectivity index (χ1v) is 19.5. The number of aliphatic hydroxyl groups is 2. The van der Waals surface area contributed by atoms with Crippen LogP contribution in [0.4, 0.5) is 11.4 Å². The van der Waals surface area contributed by atoms with Gasteiger partial charge in [0.25, 0.3) is 11.7 Å². The van der Waals surface area contributed by atoms with Gasteiger partial charge in [-0.05, 0) is 52.2 Å². The largest absolute Gasteiger partial charge is 0.507 e. The van der Waals surface area contributed by atoms with Crippen LogP contribution in [-0.2, 0) is 23.8 Å². The average molecular weight is 779 g/mol. The van der Waals surface area contributed by atoms with Crippen molar-refractivity contribution in [3.8, 4) is 17.2 Å². The van der Waals surface area contributed by atoms with Gasteiger partial charge in [0.1, 0.15) is 17.6 Å². The molecule has 2 aromatic rings. The molecule has 13 heteroatoms. The highest BCUT2D eigenvalue weighted by atomic mass is 16.7. The quantitative estimate of drug-likeness (QED) is 0.170. The Hall–Kier alpha value is -4.59. The number of rotatable bonds is 3. The van der Waals surface area contributed by atoms with E-state index in [1.807, 2.05) is 0 Å². The van der Waals surface area contributed by atoms with Gasteiger partial charge in [-0.3, -0.25) is 14.4 Å². The van der Waals surface area contributed by atoms with Crippen LogP contribution in [0.15, 0.2) is 42.2 Å². The van der Waals surface area contributed by atoms with Crippen molar-refractivity contribution in [3.05, 3.63) is 53.3 Å². The number of aliphatic hydroxyl groups excluding tert-OH is 2. The number of hydrogen-bond donors (Lipinski definition) is 5. The summed E-state index contributed by atoms with van der Waals surface area (Å²) in [5, 5.41) is 49.4. The van der Waals surface area contributed by atoms with Gasteiger partial charge in [-0.1, -0.05) is 45.9 Å². The van der Waals surface area contributed by atoms with E-state index in [4.69, 9.17) is 18.9 Å². The minimum absolute atomic E-state index is 0.00225. The Kier molecular flexibility index (Phi) is 12.8. The van der Waals surface area contributed by atoms with Gasteiger partial charge >= 0.3 is 11.8 Å². The summed E-state index contributed by atoms with van der Waals surface area (Å²) in [5.41, 5.74) is 1.21. The van der Waals surface area contributed by atoms with E-state index >= 15 is 0 Å². The van der Waals surface area contributed by atoms with E-state index in [0.717, 1.165) is 19.3 Å². The van der Waals surface area contributed by atoms with Crippen LogP contribution in [0.1, 0.15) is 90.6 Å². The maximum atomic E-state index is 14.6. The van der Waals surface area contributed by atoms with Crippen molar-refractivity contribution in [3.63, 3.8) is 0 Å². The smallest absolute Gasteiger partial charge is 0.312 e. The zero-order valence-electron chi connectivity index (χ0n) is 34.1. The number of hydrogen-bond acceptors (Lipinski definition) is 12. The number of fused-ring (bicyclic) bond motifs is 14. The molecule has 2 aromatic carbocycles. The summed E-state index contributed by atoms with van der Waals surface area (Å²) in [4.78, 5) is 42.6. The number of allylic oxidation sites excluding steroid dienone is 2. The van der Waals surface area contributed by atoms with Crippen LogP contribution in [-0.4, -0.2) is 88.0 Å². The summed E-state index contributed by atoms with van der Waals surface area (Å²) in [5.74, 6) is -6.44. The molecule has 4 heterocycles. The van der Waals surface area contributed by atoms with Gasteiger partial charge in [-0.2, -0.15) is 0 Å². The zero-order valence-corrected chi connectivity index (χ0v) is 34.1. The van der Waals surface area contributed by atoms with E-state index < -0.39 is 77.3 Å². The third-order valence-electron chi connectivity index (χ3n) is 11.9. The lowest BCUT2D eigenvalue weighted by Gasteiger charge is -2.38. The number of carbonyl (C=O) groups is 3. The number of benzene rings is 2. The van der Waals surface area contributed by atoms with E-state index in [1.54, 1.807) is 71.9 Å². The van der Waals surface area contributed by atoms with Crippen LogP contribution in [0.3, 0.4) is 0 Å².